The Bertz CT molecular complexity index is 523. The highest BCUT2D eigenvalue weighted by Crippen LogP contribution is 2.22. The molecule has 112 valence electrons. The van der Waals surface area contributed by atoms with Crippen LogP contribution in [0.4, 0.5) is 0 Å². The maximum atomic E-state index is 12.2. The van der Waals surface area contributed by atoms with Gasteiger partial charge in [0, 0.05) is 38.8 Å². The van der Waals surface area contributed by atoms with Crippen molar-refractivity contribution in [1.29, 1.82) is 0 Å². The summed E-state index contributed by atoms with van der Waals surface area (Å²) in [5.74, 6) is -0.298. The van der Waals surface area contributed by atoms with Crippen LogP contribution in [-0.4, -0.2) is 60.4 Å². The lowest BCUT2D eigenvalue weighted by atomic mass is 10.1. The van der Waals surface area contributed by atoms with Gasteiger partial charge >= 0.3 is 0 Å². The molecule has 21 heavy (non-hydrogen) atoms. The summed E-state index contributed by atoms with van der Waals surface area (Å²) in [7, 11) is 0. The van der Waals surface area contributed by atoms with E-state index in [1.165, 1.54) is 4.90 Å². The second kappa shape index (κ2) is 5.95. The predicted octanol–water partition coefficient (Wildman–Crippen LogP) is 0.966. The van der Waals surface area contributed by atoms with Gasteiger partial charge in [-0.15, -0.1) is 0 Å². The summed E-state index contributed by atoms with van der Waals surface area (Å²) < 4.78 is 0. The van der Waals surface area contributed by atoms with E-state index in [9.17, 15) is 9.59 Å². The molecule has 2 aliphatic rings. The highest BCUT2D eigenvalue weighted by Gasteiger charge is 2.34. The molecule has 0 unspecified atom stereocenters. The molecule has 0 bridgehead atoms. The summed E-state index contributed by atoms with van der Waals surface area (Å²) in [5, 5.41) is 3.36. The van der Waals surface area contributed by atoms with Gasteiger partial charge in [-0.25, -0.2) is 0 Å². The zero-order chi connectivity index (χ0) is 14.8. The molecule has 1 fully saturated rings. The fourth-order valence-corrected chi connectivity index (χ4v) is 3.09. The minimum absolute atomic E-state index is 0.149. The third-order valence-electron chi connectivity index (χ3n) is 4.34. The van der Waals surface area contributed by atoms with Crippen LogP contribution in [0.15, 0.2) is 24.3 Å². The van der Waals surface area contributed by atoms with Gasteiger partial charge in [0.2, 0.25) is 0 Å². The van der Waals surface area contributed by atoms with Crippen LogP contribution < -0.4 is 5.32 Å². The third-order valence-corrected chi connectivity index (χ3v) is 4.34. The van der Waals surface area contributed by atoms with Gasteiger partial charge in [-0.2, -0.15) is 0 Å². The second-order valence-electron chi connectivity index (χ2n) is 5.75. The van der Waals surface area contributed by atoms with Crippen LogP contribution in [0.2, 0.25) is 0 Å². The lowest BCUT2D eigenvalue weighted by molar-refractivity contribution is 0.0642. The van der Waals surface area contributed by atoms with E-state index >= 15 is 0 Å². The first-order chi connectivity index (χ1) is 10.2. The fourth-order valence-electron chi connectivity index (χ4n) is 3.09. The Kier molecular flexibility index (Phi) is 4.03. The maximum absolute atomic E-state index is 12.2. The number of piperazine rings is 1. The number of fused-ring (bicyclic) bond motifs is 1. The quantitative estimate of drug-likeness (QED) is 0.838. The lowest BCUT2D eigenvalue weighted by Gasteiger charge is -2.34. The molecule has 0 spiro atoms. The Labute approximate surface area is 124 Å². The molecule has 0 aliphatic carbocycles. The Morgan fingerprint density at radius 2 is 1.81 bits per heavy atom. The van der Waals surface area contributed by atoms with Crippen molar-refractivity contribution in [3.8, 4) is 0 Å². The van der Waals surface area contributed by atoms with E-state index in [1.807, 2.05) is 0 Å². The van der Waals surface area contributed by atoms with Crippen LogP contribution >= 0.6 is 0 Å². The van der Waals surface area contributed by atoms with Crippen molar-refractivity contribution in [3.05, 3.63) is 35.4 Å². The Balaban J connectivity index is 1.57. The van der Waals surface area contributed by atoms with Crippen molar-refractivity contribution in [2.45, 2.75) is 19.4 Å². The molecule has 2 heterocycles. The molecule has 2 aliphatic heterocycles. The first-order valence-corrected chi connectivity index (χ1v) is 7.58. The molecule has 1 atom stereocenters. The van der Waals surface area contributed by atoms with E-state index < -0.39 is 0 Å². The number of carbonyl (C=O) groups is 2. The van der Waals surface area contributed by atoms with Crippen molar-refractivity contribution in [2.75, 3.05) is 32.7 Å². The molecule has 1 saturated heterocycles. The molecule has 0 radical (unpaired) electrons. The number of imide groups is 1. The minimum atomic E-state index is -0.149. The van der Waals surface area contributed by atoms with Crippen LogP contribution in [0.25, 0.3) is 0 Å². The van der Waals surface area contributed by atoms with Gasteiger partial charge in [0.1, 0.15) is 0 Å². The average molecular weight is 287 g/mol. The van der Waals surface area contributed by atoms with Crippen LogP contribution in [0.1, 0.15) is 34.1 Å². The van der Waals surface area contributed by atoms with Gasteiger partial charge in [-0.1, -0.05) is 12.1 Å². The number of hydrogen-bond acceptors (Lipinski definition) is 4. The molecule has 0 aromatic heterocycles. The molecular weight excluding hydrogens is 266 g/mol. The highest BCUT2D eigenvalue weighted by molar-refractivity contribution is 6.21. The summed E-state index contributed by atoms with van der Waals surface area (Å²) in [4.78, 5) is 28.3. The molecule has 1 aromatic rings. The zero-order valence-electron chi connectivity index (χ0n) is 12.3. The van der Waals surface area contributed by atoms with Crippen molar-refractivity contribution >= 4 is 11.8 Å². The predicted molar refractivity (Wildman–Crippen MR) is 80.3 cm³/mol. The van der Waals surface area contributed by atoms with Crippen molar-refractivity contribution in [1.82, 2.24) is 15.1 Å². The van der Waals surface area contributed by atoms with Gasteiger partial charge in [0.25, 0.3) is 11.8 Å². The minimum Gasteiger partial charge on any atom is -0.314 e. The molecule has 1 N–H and O–H groups in total. The summed E-state index contributed by atoms with van der Waals surface area (Å²) in [6.07, 6.45) is 0.829. The standard InChI is InChI=1S/C16H21N3O2/c1-12-11-17-7-10-18(12)8-4-9-19-15(20)13-5-2-3-6-14(13)16(19)21/h2-3,5-6,12,17H,4,7-11H2,1H3/t12-/m0/s1. The van der Waals surface area contributed by atoms with Gasteiger partial charge in [0.15, 0.2) is 0 Å². The number of benzene rings is 1. The number of nitrogens with one attached hydrogen (secondary N) is 1. The van der Waals surface area contributed by atoms with E-state index in [-0.39, 0.29) is 11.8 Å². The molecule has 2 amide bonds. The normalized spacial score (nSPS) is 22.7. The molecule has 5 heteroatoms. The first-order valence-electron chi connectivity index (χ1n) is 7.58. The summed E-state index contributed by atoms with van der Waals surface area (Å²) in [6, 6.07) is 7.58. The number of carbonyl (C=O) groups excluding carboxylic acids is 2. The molecule has 1 aromatic carbocycles. The van der Waals surface area contributed by atoms with Crippen molar-refractivity contribution in [3.63, 3.8) is 0 Å². The van der Waals surface area contributed by atoms with Gasteiger partial charge < -0.3 is 5.32 Å². The van der Waals surface area contributed by atoms with Crippen LogP contribution in [0.3, 0.4) is 0 Å². The molecule has 5 nitrogen and oxygen atoms in total. The Morgan fingerprint density at radius 1 is 1.14 bits per heavy atom. The lowest BCUT2D eigenvalue weighted by Crippen LogP contribution is -2.50. The van der Waals surface area contributed by atoms with Gasteiger partial charge in [-0.05, 0) is 25.5 Å². The summed E-state index contributed by atoms with van der Waals surface area (Å²) in [6.45, 7) is 6.68. The maximum Gasteiger partial charge on any atom is 0.261 e. The van der Waals surface area contributed by atoms with E-state index in [0.717, 1.165) is 32.6 Å². The molecule has 0 saturated carbocycles. The first kappa shape index (κ1) is 14.2. The van der Waals surface area contributed by atoms with Crippen LogP contribution in [0, 0.1) is 0 Å². The van der Waals surface area contributed by atoms with E-state index in [4.69, 9.17) is 0 Å². The fraction of sp³-hybridized carbons (Fsp3) is 0.500. The van der Waals surface area contributed by atoms with Crippen LogP contribution in [-0.2, 0) is 0 Å². The SMILES string of the molecule is C[C@H]1CNCCN1CCCN1C(=O)c2ccccc2C1=O. The monoisotopic (exact) mass is 287 g/mol. The van der Waals surface area contributed by atoms with Crippen molar-refractivity contribution < 1.29 is 9.59 Å². The zero-order valence-corrected chi connectivity index (χ0v) is 12.3. The number of rotatable bonds is 4. The topological polar surface area (TPSA) is 52.6 Å². The Hall–Kier alpha value is -1.72. The smallest absolute Gasteiger partial charge is 0.261 e. The third kappa shape index (κ3) is 2.71. The number of amides is 2. The summed E-state index contributed by atoms with van der Waals surface area (Å²) >= 11 is 0. The largest absolute Gasteiger partial charge is 0.314 e. The van der Waals surface area contributed by atoms with E-state index in [1.54, 1.807) is 24.3 Å². The van der Waals surface area contributed by atoms with Gasteiger partial charge in [0.05, 0.1) is 11.1 Å². The highest BCUT2D eigenvalue weighted by atomic mass is 16.2. The second-order valence-corrected chi connectivity index (χ2v) is 5.75. The number of nitrogens with zero attached hydrogens (tertiary/aromatic N) is 2. The van der Waals surface area contributed by atoms with Gasteiger partial charge in [-0.3, -0.25) is 19.4 Å². The van der Waals surface area contributed by atoms with E-state index in [0.29, 0.717) is 23.7 Å². The molecular formula is C16H21N3O2. The summed E-state index contributed by atoms with van der Waals surface area (Å²) in [5.41, 5.74) is 1.08. The van der Waals surface area contributed by atoms with Crippen LogP contribution in [0.5, 0.6) is 0 Å². The van der Waals surface area contributed by atoms with Crippen molar-refractivity contribution in [2.24, 2.45) is 0 Å². The average Bonchev–Trinajstić information content (AvgIpc) is 2.74. The number of hydrogen-bond donors (Lipinski definition) is 1. The molecule has 3 rings (SSSR count). The Morgan fingerprint density at radius 3 is 2.43 bits per heavy atom. The van der Waals surface area contributed by atoms with E-state index in [2.05, 4.69) is 17.1 Å².